The molecule has 5 aromatic rings. The third-order valence-corrected chi connectivity index (χ3v) is 11.6. The SMILES string of the molecule is CC(C)CCN1/C(=C/C=C/C2=[N+](CCC(C)C)c3ccc(C#N)cc3C2(Cc2ccccc2)Cc2ccccc2)C(C)(C)c2ccc3ccccc3c21. The van der Waals surface area contributed by atoms with E-state index in [0.717, 1.165) is 38.8 Å². The molecule has 0 amide bonds. The molecule has 0 aromatic heterocycles. The molecule has 268 valence electrons. The Morgan fingerprint density at radius 3 is 2.02 bits per heavy atom. The average Bonchev–Trinajstić information content (AvgIpc) is 3.53. The lowest BCUT2D eigenvalue weighted by Crippen LogP contribution is -2.39. The van der Waals surface area contributed by atoms with Crippen molar-refractivity contribution in [1.29, 1.82) is 5.26 Å². The minimum atomic E-state index is -0.376. The van der Waals surface area contributed by atoms with Gasteiger partial charge < -0.3 is 4.90 Å². The summed E-state index contributed by atoms with van der Waals surface area (Å²) >= 11 is 0. The summed E-state index contributed by atoms with van der Waals surface area (Å²) in [6, 6.07) is 44.2. The van der Waals surface area contributed by atoms with E-state index >= 15 is 0 Å². The van der Waals surface area contributed by atoms with E-state index in [2.05, 4.69) is 185 Å². The van der Waals surface area contributed by atoms with Crippen LogP contribution in [0.5, 0.6) is 0 Å². The molecule has 5 aromatic carbocycles. The van der Waals surface area contributed by atoms with Crippen molar-refractivity contribution in [1.82, 2.24) is 0 Å². The van der Waals surface area contributed by atoms with Gasteiger partial charge in [0.15, 0.2) is 5.71 Å². The number of hydrogen-bond acceptors (Lipinski definition) is 2. The Balaban J connectivity index is 1.43. The van der Waals surface area contributed by atoms with Crippen LogP contribution >= 0.6 is 0 Å². The fraction of sp³-hybridized carbons (Fsp3) is 0.320. The van der Waals surface area contributed by atoms with Gasteiger partial charge in [0, 0.05) is 47.2 Å². The molecule has 53 heavy (non-hydrogen) atoms. The molecule has 0 bridgehead atoms. The Morgan fingerprint density at radius 1 is 0.736 bits per heavy atom. The monoisotopic (exact) mass is 696 g/mol. The summed E-state index contributed by atoms with van der Waals surface area (Å²) in [7, 11) is 0. The van der Waals surface area contributed by atoms with Gasteiger partial charge in [0.25, 0.3) is 0 Å². The van der Waals surface area contributed by atoms with Gasteiger partial charge in [0.2, 0.25) is 5.69 Å². The molecule has 0 N–H and O–H groups in total. The highest BCUT2D eigenvalue weighted by molar-refractivity contribution is 6.05. The first-order chi connectivity index (χ1) is 25.6. The van der Waals surface area contributed by atoms with E-state index in [9.17, 15) is 5.26 Å². The molecule has 2 heterocycles. The molecular weight excluding hydrogens is 643 g/mol. The molecule has 0 fully saturated rings. The van der Waals surface area contributed by atoms with Crippen molar-refractivity contribution in [2.45, 2.75) is 78.1 Å². The van der Waals surface area contributed by atoms with Crippen LogP contribution in [0.3, 0.4) is 0 Å². The summed E-state index contributed by atoms with van der Waals surface area (Å²) in [5, 5.41) is 12.8. The van der Waals surface area contributed by atoms with Crippen molar-refractivity contribution in [2.24, 2.45) is 11.8 Å². The highest BCUT2D eigenvalue weighted by atomic mass is 15.2. The summed E-state index contributed by atoms with van der Waals surface area (Å²) in [6.45, 7) is 16.0. The Hall–Kier alpha value is -5.20. The van der Waals surface area contributed by atoms with Gasteiger partial charge in [-0.3, -0.25) is 0 Å². The summed E-state index contributed by atoms with van der Waals surface area (Å²) in [5.74, 6) is 1.16. The fourth-order valence-corrected chi connectivity index (χ4v) is 8.75. The second-order valence-corrected chi connectivity index (χ2v) is 16.5. The standard InChI is InChI=1S/C50H54N3/c1-36(2)28-30-52-45-27-24-40(35-51)32-44(45)50(33-38-16-9-7-10-17-38,34-39-18-11-8-12-19-39)47(52)23-15-22-46-49(5,6)43-26-25-41-20-13-14-21-42(41)48(43)53(46)31-29-37(3)4/h7-27,32,36-37H,28-31,33-34H2,1-6H3/q+1. The van der Waals surface area contributed by atoms with Crippen LogP contribution in [0, 0.1) is 23.2 Å². The zero-order valence-corrected chi connectivity index (χ0v) is 32.4. The van der Waals surface area contributed by atoms with Gasteiger partial charge in [0.05, 0.1) is 22.7 Å². The predicted molar refractivity (Wildman–Crippen MR) is 223 cm³/mol. The minimum Gasteiger partial charge on any atom is -0.343 e. The molecule has 2 aliphatic heterocycles. The summed E-state index contributed by atoms with van der Waals surface area (Å²) in [5.41, 5.74) is 10.6. The molecule has 0 atom stereocenters. The topological polar surface area (TPSA) is 30.0 Å². The van der Waals surface area contributed by atoms with E-state index in [4.69, 9.17) is 0 Å². The molecule has 0 saturated heterocycles. The Kier molecular flexibility index (Phi) is 10.3. The number of hydrogen-bond donors (Lipinski definition) is 0. The van der Waals surface area contributed by atoms with E-state index in [1.54, 1.807) is 0 Å². The summed E-state index contributed by atoms with van der Waals surface area (Å²) in [4.78, 5) is 2.62. The Labute approximate surface area is 317 Å². The fourth-order valence-electron chi connectivity index (χ4n) is 8.75. The third kappa shape index (κ3) is 7.00. The van der Waals surface area contributed by atoms with Gasteiger partial charge in [-0.05, 0) is 71.4 Å². The lowest BCUT2D eigenvalue weighted by molar-refractivity contribution is -0.439. The van der Waals surface area contributed by atoms with Crippen molar-refractivity contribution < 1.29 is 4.58 Å². The van der Waals surface area contributed by atoms with Crippen molar-refractivity contribution in [3.05, 3.63) is 167 Å². The summed E-state index contributed by atoms with van der Waals surface area (Å²) < 4.78 is 2.58. The largest absolute Gasteiger partial charge is 0.343 e. The van der Waals surface area contributed by atoms with Crippen LogP contribution in [-0.2, 0) is 23.7 Å². The van der Waals surface area contributed by atoms with Crippen LogP contribution in [0.1, 0.15) is 82.2 Å². The van der Waals surface area contributed by atoms with Gasteiger partial charge in [0.1, 0.15) is 6.54 Å². The van der Waals surface area contributed by atoms with Gasteiger partial charge in [-0.2, -0.15) is 9.84 Å². The number of fused-ring (bicyclic) bond motifs is 4. The highest BCUT2D eigenvalue weighted by Gasteiger charge is 2.51. The number of nitrogens with zero attached hydrogens (tertiary/aromatic N) is 3. The van der Waals surface area contributed by atoms with Crippen LogP contribution in [0.25, 0.3) is 10.8 Å². The quantitative estimate of drug-likeness (QED) is 0.122. The van der Waals surface area contributed by atoms with Crippen LogP contribution in [-0.4, -0.2) is 23.4 Å². The van der Waals surface area contributed by atoms with Crippen molar-refractivity contribution >= 4 is 27.9 Å². The predicted octanol–water partition coefficient (Wildman–Crippen LogP) is 11.9. The first-order valence-corrected chi connectivity index (χ1v) is 19.6. The van der Waals surface area contributed by atoms with E-state index in [-0.39, 0.29) is 10.8 Å². The van der Waals surface area contributed by atoms with Crippen LogP contribution in [0.15, 0.2) is 139 Å². The van der Waals surface area contributed by atoms with Gasteiger partial charge in [-0.15, -0.1) is 0 Å². The maximum absolute atomic E-state index is 10.2. The van der Waals surface area contributed by atoms with Gasteiger partial charge >= 0.3 is 0 Å². The maximum Gasteiger partial charge on any atom is 0.209 e. The zero-order chi connectivity index (χ0) is 37.2. The van der Waals surface area contributed by atoms with Gasteiger partial charge in [-0.25, -0.2) is 0 Å². The van der Waals surface area contributed by atoms with E-state index < -0.39 is 0 Å². The smallest absolute Gasteiger partial charge is 0.209 e. The van der Waals surface area contributed by atoms with Crippen LogP contribution < -0.4 is 4.90 Å². The van der Waals surface area contributed by atoms with E-state index in [1.165, 1.54) is 55.8 Å². The normalized spacial score (nSPS) is 16.7. The number of allylic oxidation sites excluding steroid dienone is 4. The van der Waals surface area contributed by atoms with Crippen molar-refractivity contribution in [2.75, 3.05) is 18.0 Å². The van der Waals surface area contributed by atoms with Gasteiger partial charge in [-0.1, -0.05) is 145 Å². The van der Waals surface area contributed by atoms with Crippen molar-refractivity contribution in [3.63, 3.8) is 0 Å². The number of rotatable bonds is 12. The molecule has 0 saturated carbocycles. The minimum absolute atomic E-state index is 0.159. The average molecular weight is 697 g/mol. The number of benzene rings is 5. The molecule has 3 nitrogen and oxygen atoms in total. The third-order valence-electron chi connectivity index (χ3n) is 11.6. The molecule has 0 spiro atoms. The molecule has 0 aliphatic carbocycles. The highest BCUT2D eigenvalue weighted by Crippen LogP contribution is 2.51. The van der Waals surface area contributed by atoms with Crippen LogP contribution in [0.2, 0.25) is 0 Å². The van der Waals surface area contributed by atoms with Crippen molar-refractivity contribution in [3.8, 4) is 6.07 Å². The lowest BCUT2D eigenvalue weighted by atomic mass is 9.68. The van der Waals surface area contributed by atoms with Crippen LogP contribution in [0.4, 0.5) is 11.4 Å². The number of nitriles is 1. The first kappa shape index (κ1) is 36.2. The maximum atomic E-state index is 10.2. The van der Waals surface area contributed by atoms with E-state index in [1.807, 2.05) is 6.07 Å². The van der Waals surface area contributed by atoms with E-state index in [0.29, 0.717) is 17.4 Å². The lowest BCUT2D eigenvalue weighted by Gasteiger charge is -2.29. The molecule has 0 radical (unpaired) electrons. The molecule has 3 heteroatoms. The molecule has 7 rings (SSSR count). The Morgan fingerprint density at radius 2 is 1.38 bits per heavy atom. The zero-order valence-electron chi connectivity index (χ0n) is 32.4. The molecule has 0 unspecified atom stereocenters. The Bertz CT molecular complexity index is 2190. The summed E-state index contributed by atoms with van der Waals surface area (Å²) in [6.07, 6.45) is 11.0. The molecular formula is C50H54N3+. The molecule has 2 aliphatic rings. The number of anilines is 1. The second kappa shape index (κ2) is 15.0. The second-order valence-electron chi connectivity index (χ2n) is 16.5. The first-order valence-electron chi connectivity index (χ1n) is 19.6.